The van der Waals surface area contributed by atoms with E-state index in [0.717, 1.165) is 54.8 Å². The lowest BCUT2D eigenvalue weighted by molar-refractivity contribution is 0.0843. The van der Waals surface area contributed by atoms with Crippen molar-refractivity contribution in [2.24, 2.45) is 0 Å². The number of aromatic amines is 1. The number of H-pyrrole nitrogens is 1. The van der Waals surface area contributed by atoms with Gasteiger partial charge in [-0.3, -0.25) is 9.89 Å². The summed E-state index contributed by atoms with van der Waals surface area (Å²) in [5.74, 6) is -0.186. The van der Waals surface area contributed by atoms with Crippen molar-refractivity contribution in [3.05, 3.63) is 22.0 Å². The zero-order valence-electron chi connectivity index (χ0n) is 13.3. The summed E-state index contributed by atoms with van der Waals surface area (Å²) in [5.41, 5.74) is 7.54. The topological polar surface area (TPSA) is 119 Å². The van der Waals surface area contributed by atoms with E-state index in [1.54, 1.807) is 0 Å². The highest BCUT2D eigenvalue weighted by atomic mass is 32.1. The van der Waals surface area contributed by atoms with Gasteiger partial charge in [-0.15, -0.1) is 10.2 Å². The smallest absolute Gasteiger partial charge is 0.272 e. The van der Waals surface area contributed by atoms with Crippen LogP contribution >= 0.6 is 11.3 Å². The van der Waals surface area contributed by atoms with Crippen LogP contribution < -0.4 is 11.1 Å². The number of nitrogens with two attached hydrogens (primary N) is 1. The van der Waals surface area contributed by atoms with Gasteiger partial charge in [0.15, 0.2) is 5.69 Å². The molecule has 0 radical (unpaired) electrons. The highest BCUT2D eigenvalue weighted by molar-refractivity contribution is 7.15. The van der Waals surface area contributed by atoms with Crippen molar-refractivity contribution in [2.75, 3.05) is 12.3 Å². The second kappa shape index (κ2) is 6.14. The van der Waals surface area contributed by atoms with E-state index in [1.807, 2.05) is 0 Å². The summed E-state index contributed by atoms with van der Waals surface area (Å²) in [5, 5.41) is 19.7. The second-order valence-corrected chi connectivity index (χ2v) is 7.38. The van der Waals surface area contributed by atoms with Crippen molar-refractivity contribution in [3.63, 3.8) is 0 Å². The Bertz CT molecular complexity index is 749. The van der Waals surface area contributed by atoms with E-state index in [9.17, 15) is 4.79 Å². The lowest BCUT2D eigenvalue weighted by atomic mass is 9.82. The molecular formula is C15H20N6O2S. The van der Waals surface area contributed by atoms with Crippen LogP contribution in [0.15, 0.2) is 0 Å². The fourth-order valence-electron chi connectivity index (χ4n) is 3.55. The van der Waals surface area contributed by atoms with Gasteiger partial charge >= 0.3 is 0 Å². The van der Waals surface area contributed by atoms with Gasteiger partial charge in [0.25, 0.3) is 5.91 Å². The van der Waals surface area contributed by atoms with Gasteiger partial charge in [-0.2, -0.15) is 5.10 Å². The SMILES string of the molecule is Nc1nnc(C2(NC(=O)c3n[nH]c4c3COCC4)CCCCC2)s1. The molecule has 8 nitrogen and oxygen atoms in total. The molecule has 0 bridgehead atoms. The first-order chi connectivity index (χ1) is 11.7. The van der Waals surface area contributed by atoms with Crippen LogP contribution in [0.25, 0.3) is 0 Å². The Hall–Kier alpha value is -2.00. The first-order valence-electron chi connectivity index (χ1n) is 8.24. The number of amides is 1. The zero-order valence-corrected chi connectivity index (χ0v) is 14.1. The van der Waals surface area contributed by atoms with Crippen molar-refractivity contribution in [1.82, 2.24) is 25.7 Å². The lowest BCUT2D eigenvalue weighted by Crippen LogP contribution is -2.47. The average molecular weight is 348 g/mol. The number of nitrogens with one attached hydrogen (secondary N) is 2. The molecule has 24 heavy (non-hydrogen) atoms. The van der Waals surface area contributed by atoms with Crippen molar-refractivity contribution >= 4 is 22.4 Å². The minimum Gasteiger partial charge on any atom is -0.376 e. The molecule has 1 aliphatic carbocycles. The number of carbonyl (C=O) groups excluding carboxylic acids is 1. The number of fused-ring (bicyclic) bond motifs is 1. The molecule has 9 heteroatoms. The van der Waals surface area contributed by atoms with Crippen LogP contribution in [0.1, 0.15) is 58.9 Å². The first kappa shape index (κ1) is 15.5. The molecule has 1 amide bonds. The summed E-state index contributed by atoms with van der Waals surface area (Å²) in [4.78, 5) is 12.9. The maximum Gasteiger partial charge on any atom is 0.272 e. The minimum absolute atomic E-state index is 0.186. The molecule has 1 saturated carbocycles. The molecule has 4 N–H and O–H groups in total. The summed E-state index contributed by atoms with van der Waals surface area (Å²) in [6.07, 6.45) is 5.70. The summed E-state index contributed by atoms with van der Waals surface area (Å²) < 4.78 is 5.47. The Labute approximate surface area is 143 Å². The molecule has 3 heterocycles. The summed E-state index contributed by atoms with van der Waals surface area (Å²) >= 11 is 1.35. The predicted octanol–water partition coefficient (Wildman–Crippen LogP) is 1.51. The number of ether oxygens (including phenoxy) is 1. The fourth-order valence-corrected chi connectivity index (χ4v) is 4.36. The fraction of sp³-hybridized carbons (Fsp3) is 0.600. The van der Waals surface area contributed by atoms with Gasteiger partial charge in [0, 0.05) is 17.7 Å². The van der Waals surface area contributed by atoms with Crippen LogP contribution in [-0.2, 0) is 23.3 Å². The molecule has 1 aliphatic heterocycles. The Morgan fingerprint density at radius 1 is 1.29 bits per heavy atom. The number of rotatable bonds is 3. The zero-order chi connectivity index (χ0) is 16.6. The third-order valence-electron chi connectivity index (χ3n) is 4.82. The molecule has 2 aliphatic rings. The van der Waals surface area contributed by atoms with E-state index < -0.39 is 5.54 Å². The molecule has 0 unspecified atom stereocenters. The van der Waals surface area contributed by atoms with Gasteiger partial charge < -0.3 is 15.8 Å². The van der Waals surface area contributed by atoms with Crippen molar-refractivity contribution in [2.45, 2.75) is 50.7 Å². The van der Waals surface area contributed by atoms with Gasteiger partial charge in [-0.1, -0.05) is 30.6 Å². The van der Waals surface area contributed by atoms with Crippen LogP contribution in [0.5, 0.6) is 0 Å². The van der Waals surface area contributed by atoms with Gasteiger partial charge in [0.05, 0.1) is 18.8 Å². The summed E-state index contributed by atoms with van der Waals surface area (Å²) in [6, 6.07) is 0. The number of hydrogen-bond donors (Lipinski definition) is 3. The average Bonchev–Trinajstić information content (AvgIpc) is 3.22. The maximum atomic E-state index is 12.9. The van der Waals surface area contributed by atoms with Crippen molar-refractivity contribution in [3.8, 4) is 0 Å². The van der Waals surface area contributed by atoms with Crippen LogP contribution in [-0.4, -0.2) is 32.9 Å². The Morgan fingerprint density at radius 2 is 2.12 bits per heavy atom. The second-order valence-electron chi connectivity index (χ2n) is 6.37. The van der Waals surface area contributed by atoms with Gasteiger partial charge in [-0.25, -0.2) is 0 Å². The number of carbonyl (C=O) groups is 1. The molecule has 128 valence electrons. The minimum atomic E-state index is -0.494. The summed E-state index contributed by atoms with van der Waals surface area (Å²) in [7, 11) is 0. The molecule has 2 aromatic rings. The van der Waals surface area contributed by atoms with E-state index >= 15 is 0 Å². The number of aromatic nitrogens is 4. The van der Waals surface area contributed by atoms with Crippen LogP contribution in [0.2, 0.25) is 0 Å². The maximum absolute atomic E-state index is 12.9. The molecule has 0 atom stereocenters. The Kier molecular flexibility index (Phi) is 3.97. The van der Waals surface area contributed by atoms with E-state index in [4.69, 9.17) is 10.5 Å². The third kappa shape index (κ3) is 2.67. The molecule has 2 aromatic heterocycles. The predicted molar refractivity (Wildman–Crippen MR) is 88.5 cm³/mol. The van der Waals surface area contributed by atoms with E-state index in [-0.39, 0.29) is 5.91 Å². The van der Waals surface area contributed by atoms with Crippen molar-refractivity contribution < 1.29 is 9.53 Å². The highest BCUT2D eigenvalue weighted by Gasteiger charge is 2.40. The van der Waals surface area contributed by atoms with Crippen molar-refractivity contribution in [1.29, 1.82) is 0 Å². The monoisotopic (exact) mass is 348 g/mol. The van der Waals surface area contributed by atoms with E-state index in [0.29, 0.717) is 24.0 Å². The molecule has 0 saturated heterocycles. The normalized spacial score (nSPS) is 19.7. The van der Waals surface area contributed by atoms with E-state index in [1.165, 1.54) is 11.3 Å². The molecular weight excluding hydrogens is 328 g/mol. The number of anilines is 1. The number of nitrogen functional groups attached to an aromatic ring is 1. The number of nitrogens with zero attached hydrogens (tertiary/aromatic N) is 3. The molecule has 1 fully saturated rings. The highest BCUT2D eigenvalue weighted by Crippen LogP contribution is 2.39. The van der Waals surface area contributed by atoms with Gasteiger partial charge in [0.2, 0.25) is 5.13 Å². The lowest BCUT2D eigenvalue weighted by Gasteiger charge is -2.35. The Morgan fingerprint density at radius 3 is 2.88 bits per heavy atom. The van der Waals surface area contributed by atoms with E-state index in [2.05, 4.69) is 25.7 Å². The molecule has 0 spiro atoms. The van der Waals surface area contributed by atoms with Crippen LogP contribution in [0.4, 0.5) is 5.13 Å². The van der Waals surface area contributed by atoms with Crippen LogP contribution in [0.3, 0.4) is 0 Å². The Balaban J connectivity index is 1.63. The molecule has 4 rings (SSSR count). The van der Waals surface area contributed by atoms with Gasteiger partial charge in [-0.05, 0) is 12.8 Å². The first-order valence-corrected chi connectivity index (χ1v) is 9.05. The molecule has 0 aromatic carbocycles. The largest absolute Gasteiger partial charge is 0.376 e. The third-order valence-corrected chi connectivity index (χ3v) is 5.78. The standard InChI is InChI=1S/C15H20N6O2S/c16-14-21-20-13(24-14)15(5-2-1-3-6-15)17-12(22)11-9-8-23-7-4-10(9)18-19-11/h1-8H2,(H2,16,21)(H,17,22)(H,18,19). The van der Waals surface area contributed by atoms with Crippen LogP contribution in [0, 0.1) is 0 Å². The quantitative estimate of drug-likeness (QED) is 0.773. The van der Waals surface area contributed by atoms with Gasteiger partial charge in [0.1, 0.15) is 5.01 Å². The number of hydrogen-bond acceptors (Lipinski definition) is 7. The summed E-state index contributed by atoms with van der Waals surface area (Å²) in [6.45, 7) is 1.08.